The molecule has 0 saturated heterocycles. The van der Waals surface area contributed by atoms with Crippen molar-refractivity contribution >= 4 is 0 Å². The van der Waals surface area contributed by atoms with E-state index in [0.29, 0.717) is 13.0 Å². The predicted molar refractivity (Wildman–Crippen MR) is 38.0 cm³/mol. The highest BCUT2D eigenvalue weighted by atomic mass is 19.1. The van der Waals surface area contributed by atoms with Crippen molar-refractivity contribution in [2.24, 2.45) is 11.1 Å². The molecule has 0 aromatic rings. The standard InChI is InChI=1S/C7H16FN/c1-7(2,3-5-8)4-6-9/h3-6,9H2,1-2H3. The van der Waals surface area contributed by atoms with E-state index in [9.17, 15) is 4.39 Å². The second-order valence-electron chi connectivity index (χ2n) is 3.14. The van der Waals surface area contributed by atoms with Crippen molar-refractivity contribution in [2.75, 3.05) is 13.2 Å². The zero-order valence-electron chi connectivity index (χ0n) is 6.28. The molecule has 0 bridgehead atoms. The molecule has 0 aliphatic carbocycles. The van der Waals surface area contributed by atoms with E-state index in [1.165, 1.54) is 0 Å². The molecule has 2 N–H and O–H groups in total. The van der Waals surface area contributed by atoms with Gasteiger partial charge in [0.05, 0.1) is 6.67 Å². The molecule has 0 spiro atoms. The fraction of sp³-hybridized carbons (Fsp3) is 1.00. The van der Waals surface area contributed by atoms with Crippen LogP contribution in [0.1, 0.15) is 26.7 Å². The van der Waals surface area contributed by atoms with Crippen molar-refractivity contribution in [3.8, 4) is 0 Å². The molecule has 0 atom stereocenters. The van der Waals surface area contributed by atoms with Gasteiger partial charge in [-0.3, -0.25) is 4.39 Å². The monoisotopic (exact) mass is 133 g/mol. The Kier molecular flexibility index (Phi) is 3.78. The molecule has 0 amide bonds. The largest absolute Gasteiger partial charge is 0.330 e. The Morgan fingerprint density at radius 1 is 1.33 bits per heavy atom. The molecule has 0 rings (SSSR count). The molecule has 0 aromatic heterocycles. The number of halogens is 1. The van der Waals surface area contributed by atoms with Gasteiger partial charge in [-0.05, 0) is 24.8 Å². The van der Waals surface area contributed by atoms with Gasteiger partial charge < -0.3 is 5.73 Å². The van der Waals surface area contributed by atoms with Crippen LogP contribution in [0.5, 0.6) is 0 Å². The van der Waals surface area contributed by atoms with Crippen molar-refractivity contribution in [3.63, 3.8) is 0 Å². The van der Waals surface area contributed by atoms with Crippen LogP contribution in [-0.2, 0) is 0 Å². The van der Waals surface area contributed by atoms with Gasteiger partial charge in [-0.2, -0.15) is 0 Å². The van der Waals surface area contributed by atoms with Crippen LogP contribution in [0.15, 0.2) is 0 Å². The third-order valence-electron chi connectivity index (χ3n) is 1.59. The molecule has 0 heterocycles. The van der Waals surface area contributed by atoms with Crippen LogP contribution in [0.3, 0.4) is 0 Å². The van der Waals surface area contributed by atoms with Gasteiger partial charge in [-0.15, -0.1) is 0 Å². The van der Waals surface area contributed by atoms with Crippen LogP contribution in [0, 0.1) is 5.41 Å². The van der Waals surface area contributed by atoms with E-state index in [2.05, 4.69) is 0 Å². The molecule has 0 saturated carbocycles. The molecule has 0 aromatic carbocycles. The number of nitrogens with two attached hydrogens (primary N) is 1. The Bertz CT molecular complexity index is 63.3. The molecule has 9 heavy (non-hydrogen) atoms. The molecule has 1 nitrogen and oxygen atoms in total. The van der Waals surface area contributed by atoms with Crippen LogP contribution in [0.25, 0.3) is 0 Å². The van der Waals surface area contributed by atoms with E-state index in [-0.39, 0.29) is 12.1 Å². The summed E-state index contributed by atoms with van der Waals surface area (Å²) in [6, 6.07) is 0. The van der Waals surface area contributed by atoms with Crippen molar-refractivity contribution in [3.05, 3.63) is 0 Å². The lowest BCUT2D eigenvalue weighted by Gasteiger charge is -2.21. The van der Waals surface area contributed by atoms with Crippen LogP contribution in [-0.4, -0.2) is 13.2 Å². The summed E-state index contributed by atoms with van der Waals surface area (Å²) in [6.45, 7) is 4.51. The summed E-state index contributed by atoms with van der Waals surface area (Å²) in [4.78, 5) is 0. The number of alkyl halides is 1. The Morgan fingerprint density at radius 3 is 2.22 bits per heavy atom. The second-order valence-corrected chi connectivity index (χ2v) is 3.14. The van der Waals surface area contributed by atoms with Crippen molar-refractivity contribution in [2.45, 2.75) is 26.7 Å². The smallest absolute Gasteiger partial charge is 0.0899 e. The Morgan fingerprint density at radius 2 is 1.89 bits per heavy atom. The molecule has 0 unspecified atom stereocenters. The molecule has 0 aliphatic heterocycles. The quantitative estimate of drug-likeness (QED) is 0.621. The molecular weight excluding hydrogens is 117 g/mol. The molecule has 56 valence electrons. The summed E-state index contributed by atoms with van der Waals surface area (Å²) in [5.41, 5.74) is 5.42. The van der Waals surface area contributed by atoms with Crippen LogP contribution in [0.2, 0.25) is 0 Å². The maximum absolute atomic E-state index is 11.8. The van der Waals surface area contributed by atoms with Gasteiger partial charge in [0.2, 0.25) is 0 Å². The molecular formula is C7H16FN. The molecule has 0 radical (unpaired) electrons. The minimum Gasteiger partial charge on any atom is -0.330 e. The summed E-state index contributed by atoms with van der Waals surface area (Å²) >= 11 is 0. The first-order valence-electron chi connectivity index (χ1n) is 3.38. The third-order valence-corrected chi connectivity index (χ3v) is 1.59. The van der Waals surface area contributed by atoms with Gasteiger partial charge in [0.15, 0.2) is 0 Å². The minimum absolute atomic E-state index is 0.101. The Balaban J connectivity index is 3.43. The van der Waals surface area contributed by atoms with E-state index in [1.807, 2.05) is 13.8 Å². The predicted octanol–water partition coefficient (Wildman–Crippen LogP) is 1.72. The summed E-state index contributed by atoms with van der Waals surface area (Å²) in [5, 5.41) is 0. The summed E-state index contributed by atoms with van der Waals surface area (Å²) < 4.78 is 11.8. The van der Waals surface area contributed by atoms with Crippen molar-refractivity contribution < 1.29 is 4.39 Å². The third kappa shape index (κ3) is 4.40. The zero-order chi connectivity index (χ0) is 7.33. The highest BCUT2D eigenvalue weighted by Gasteiger charge is 2.15. The first-order valence-corrected chi connectivity index (χ1v) is 3.38. The normalized spacial score (nSPS) is 12.0. The number of rotatable bonds is 4. The SMILES string of the molecule is CC(C)(CCN)CCF. The van der Waals surface area contributed by atoms with Gasteiger partial charge in [0.25, 0.3) is 0 Å². The second kappa shape index (κ2) is 3.83. The number of hydrogen-bond acceptors (Lipinski definition) is 1. The Hall–Kier alpha value is -0.110. The Labute approximate surface area is 56.4 Å². The molecule has 2 heteroatoms. The fourth-order valence-electron chi connectivity index (χ4n) is 0.772. The van der Waals surface area contributed by atoms with Gasteiger partial charge >= 0.3 is 0 Å². The van der Waals surface area contributed by atoms with Crippen LogP contribution in [0.4, 0.5) is 4.39 Å². The van der Waals surface area contributed by atoms with Gasteiger partial charge in [0, 0.05) is 0 Å². The average molecular weight is 133 g/mol. The summed E-state index contributed by atoms with van der Waals surface area (Å²) in [7, 11) is 0. The van der Waals surface area contributed by atoms with E-state index in [4.69, 9.17) is 5.73 Å². The highest BCUT2D eigenvalue weighted by Crippen LogP contribution is 2.23. The van der Waals surface area contributed by atoms with E-state index in [1.54, 1.807) is 0 Å². The van der Waals surface area contributed by atoms with E-state index >= 15 is 0 Å². The summed E-state index contributed by atoms with van der Waals surface area (Å²) in [5.74, 6) is 0. The first kappa shape index (κ1) is 8.89. The maximum Gasteiger partial charge on any atom is 0.0899 e. The average Bonchev–Trinajstić information content (AvgIpc) is 1.64. The van der Waals surface area contributed by atoms with Gasteiger partial charge in [0.1, 0.15) is 0 Å². The van der Waals surface area contributed by atoms with E-state index < -0.39 is 0 Å². The fourth-order valence-corrected chi connectivity index (χ4v) is 0.772. The minimum atomic E-state index is -0.229. The van der Waals surface area contributed by atoms with Crippen LogP contribution >= 0.6 is 0 Å². The number of hydrogen-bond donors (Lipinski definition) is 1. The van der Waals surface area contributed by atoms with Gasteiger partial charge in [-0.25, -0.2) is 0 Å². The lowest BCUT2D eigenvalue weighted by Crippen LogP contribution is -2.17. The molecule has 0 fully saturated rings. The van der Waals surface area contributed by atoms with E-state index in [0.717, 1.165) is 6.42 Å². The van der Waals surface area contributed by atoms with Crippen LogP contribution < -0.4 is 5.73 Å². The van der Waals surface area contributed by atoms with Crippen molar-refractivity contribution in [1.29, 1.82) is 0 Å². The maximum atomic E-state index is 11.8. The topological polar surface area (TPSA) is 26.0 Å². The molecule has 0 aliphatic rings. The van der Waals surface area contributed by atoms with Crippen molar-refractivity contribution in [1.82, 2.24) is 0 Å². The summed E-state index contributed by atoms with van der Waals surface area (Å²) in [6.07, 6.45) is 1.54. The lowest BCUT2D eigenvalue weighted by atomic mass is 9.86. The highest BCUT2D eigenvalue weighted by molar-refractivity contribution is 4.67. The zero-order valence-corrected chi connectivity index (χ0v) is 6.28. The lowest BCUT2D eigenvalue weighted by molar-refractivity contribution is 0.272. The van der Waals surface area contributed by atoms with Gasteiger partial charge in [-0.1, -0.05) is 13.8 Å². The first-order chi connectivity index (χ1) is 4.12.